The van der Waals surface area contributed by atoms with Gasteiger partial charge in [-0.3, -0.25) is 0 Å². The van der Waals surface area contributed by atoms with Gasteiger partial charge in [0.05, 0.1) is 13.2 Å². The molecule has 0 spiro atoms. The maximum absolute atomic E-state index is 10.8. The smallest absolute Gasteiger partial charge is 0.294 e. The number of aliphatic hydroxyl groups is 1. The molecule has 1 aliphatic rings. The summed E-state index contributed by atoms with van der Waals surface area (Å²) in [5.41, 5.74) is 2.80. The van der Waals surface area contributed by atoms with Gasteiger partial charge in [0, 0.05) is 11.5 Å². The van der Waals surface area contributed by atoms with Crippen molar-refractivity contribution >= 4 is 0 Å². The van der Waals surface area contributed by atoms with Crippen molar-refractivity contribution in [3.63, 3.8) is 0 Å². The number of hydrogen-bond donors (Lipinski definition) is 3. The number of rotatable bonds is 10. The van der Waals surface area contributed by atoms with Gasteiger partial charge in [-0.2, -0.15) is 0 Å². The van der Waals surface area contributed by atoms with Crippen LogP contribution in [-0.4, -0.2) is 33.6 Å². The van der Waals surface area contributed by atoms with Gasteiger partial charge in [-0.1, -0.05) is 38.5 Å². The van der Waals surface area contributed by atoms with Gasteiger partial charge in [-0.15, -0.1) is 10.1 Å². The summed E-state index contributed by atoms with van der Waals surface area (Å²) in [6.07, 6.45) is 5.52. The molecule has 30 heavy (non-hydrogen) atoms. The van der Waals surface area contributed by atoms with E-state index in [2.05, 4.69) is 11.4 Å². The van der Waals surface area contributed by atoms with E-state index in [0.29, 0.717) is 18.4 Å². The first-order valence-electron chi connectivity index (χ1n) is 10.4. The maximum Gasteiger partial charge on any atom is 0.294 e. The highest BCUT2D eigenvalue weighted by molar-refractivity contribution is 5.53. The molecule has 7 nitrogen and oxygen atoms in total. The molecule has 0 radical (unpaired) electrons. The normalized spacial score (nSPS) is 19.3. The van der Waals surface area contributed by atoms with Crippen molar-refractivity contribution in [2.75, 3.05) is 13.2 Å². The zero-order valence-corrected chi connectivity index (χ0v) is 18.1. The third kappa shape index (κ3) is 5.75. The minimum Gasteiger partial charge on any atom is -0.507 e. The van der Waals surface area contributed by atoms with Crippen molar-refractivity contribution < 1.29 is 25.2 Å². The Kier molecular flexibility index (Phi) is 7.89. The Morgan fingerprint density at radius 1 is 1.30 bits per heavy atom. The average Bonchev–Trinajstić information content (AvgIpc) is 2.66. The summed E-state index contributed by atoms with van der Waals surface area (Å²) in [7, 11) is 0. The van der Waals surface area contributed by atoms with Crippen molar-refractivity contribution in [2.24, 2.45) is 5.92 Å². The van der Waals surface area contributed by atoms with Crippen LogP contribution in [0, 0.1) is 16.0 Å². The molecular weight excluding hydrogens is 386 g/mol. The summed E-state index contributed by atoms with van der Waals surface area (Å²) in [5, 5.41) is 40.7. The van der Waals surface area contributed by atoms with Gasteiger partial charge in [-0.05, 0) is 67.2 Å². The van der Waals surface area contributed by atoms with Gasteiger partial charge in [-0.25, -0.2) is 0 Å². The molecular formula is C23H33NO6. The molecule has 1 aromatic carbocycles. The highest BCUT2D eigenvalue weighted by Gasteiger charge is 2.32. The molecule has 0 bridgehead atoms. The zero-order valence-electron chi connectivity index (χ0n) is 18.1. The van der Waals surface area contributed by atoms with Gasteiger partial charge in [0.1, 0.15) is 11.5 Å². The van der Waals surface area contributed by atoms with Crippen LogP contribution < -0.4 is 0 Å². The lowest BCUT2D eigenvalue weighted by molar-refractivity contribution is -0.757. The van der Waals surface area contributed by atoms with Crippen LogP contribution in [0.3, 0.4) is 0 Å². The van der Waals surface area contributed by atoms with E-state index in [-0.39, 0.29) is 42.0 Å². The standard InChI is InChI=1S/C23H33NO6/c1-15(2)18-8-7-16(14-25)11-19(18)22-20(26)12-17(13-21(22)27)23(3,4)9-5-6-10-30-24(28)29/h11-13,18-19,25-27H,1,5-10,14H2,2-4H3/t18-,19+/m1/s1. The summed E-state index contributed by atoms with van der Waals surface area (Å²) in [6, 6.07) is 3.39. The van der Waals surface area contributed by atoms with Crippen molar-refractivity contribution in [3.05, 3.63) is 57.2 Å². The number of benzene rings is 1. The summed E-state index contributed by atoms with van der Waals surface area (Å²) in [4.78, 5) is 14.6. The van der Waals surface area contributed by atoms with E-state index in [1.807, 2.05) is 26.8 Å². The SMILES string of the molecule is C=C(C)[C@H]1CCC(CO)=C[C@@H]1c1c(O)cc(C(C)(C)CCCCO[N+](=O)[O-])cc1O. The fraction of sp³-hybridized carbons (Fsp3) is 0.565. The zero-order chi connectivity index (χ0) is 22.5. The lowest BCUT2D eigenvalue weighted by Gasteiger charge is -2.33. The van der Waals surface area contributed by atoms with Gasteiger partial charge in [0.2, 0.25) is 0 Å². The van der Waals surface area contributed by atoms with Crippen LogP contribution in [0.4, 0.5) is 0 Å². The predicted octanol–water partition coefficient (Wildman–Crippen LogP) is 4.74. The Labute approximate surface area is 177 Å². The van der Waals surface area contributed by atoms with Crippen molar-refractivity contribution in [1.29, 1.82) is 0 Å². The lowest BCUT2D eigenvalue weighted by atomic mass is 9.72. The van der Waals surface area contributed by atoms with Crippen molar-refractivity contribution in [2.45, 2.75) is 64.2 Å². The number of unbranched alkanes of at least 4 members (excludes halogenated alkanes) is 1. The molecule has 1 aromatic rings. The van der Waals surface area contributed by atoms with E-state index in [0.717, 1.165) is 36.0 Å². The fourth-order valence-electron chi connectivity index (χ4n) is 4.25. The quantitative estimate of drug-likeness (QED) is 0.218. The topological polar surface area (TPSA) is 113 Å². The monoisotopic (exact) mass is 419 g/mol. The van der Waals surface area contributed by atoms with Gasteiger partial charge in [0.15, 0.2) is 0 Å². The lowest BCUT2D eigenvalue weighted by Crippen LogP contribution is -2.20. The van der Waals surface area contributed by atoms with Crippen molar-refractivity contribution in [3.8, 4) is 11.5 Å². The number of phenolic OH excluding ortho intramolecular Hbond substituents is 2. The van der Waals surface area contributed by atoms with E-state index in [1.54, 1.807) is 12.1 Å². The van der Waals surface area contributed by atoms with Gasteiger partial charge in [0.25, 0.3) is 5.09 Å². The molecule has 1 aliphatic carbocycles. The summed E-state index contributed by atoms with van der Waals surface area (Å²) in [6.45, 7) is 10.1. The number of nitrogens with zero attached hydrogens (tertiary/aromatic N) is 1. The van der Waals surface area contributed by atoms with Crippen LogP contribution in [0.1, 0.15) is 69.9 Å². The Morgan fingerprint density at radius 2 is 1.93 bits per heavy atom. The molecule has 3 N–H and O–H groups in total. The molecule has 0 aromatic heterocycles. The van der Waals surface area contributed by atoms with E-state index in [1.165, 1.54) is 0 Å². The molecule has 2 rings (SSSR count). The van der Waals surface area contributed by atoms with Crippen molar-refractivity contribution in [1.82, 2.24) is 0 Å². The van der Waals surface area contributed by atoms with E-state index in [9.17, 15) is 25.4 Å². The second kappa shape index (κ2) is 9.98. The Hall–Kier alpha value is -2.54. The second-order valence-corrected chi connectivity index (χ2v) is 8.83. The number of aromatic hydroxyl groups is 2. The first kappa shape index (κ1) is 23.7. The molecule has 0 aliphatic heterocycles. The van der Waals surface area contributed by atoms with Crippen LogP contribution in [0.2, 0.25) is 0 Å². The molecule has 7 heteroatoms. The molecule has 2 atom stereocenters. The molecule has 0 amide bonds. The highest BCUT2D eigenvalue weighted by atomic mass is 16.9. The molecule has 0 heterocycles. The molecule has 0 unspecified atom stereocenters. The number of aliphatic hydroxyl groups excluding tert-OH is 1. The van der Waals surface area contributed by atoms with Gasteiger partial charge < -0.3 is 20.2 Å². The largest absolute Gasteiger partial charge is 0.507 e. The third-order valence-electron chi connectivity index (χ3n) is 6.11. The van der Waals surface area contributed by atoms with Gasteiger partial charge >= 0.3 is 0 Å². The summed E-state index contributed by atoms with van der Waals surface area (Å²) in [5.74, 6) is -0.102. The summed E-state index contributed by atoms with van der Waals surface area (Å²) >= 11 is 0. The number of phenols is 2. The second-order valence-electron chi connectivity index (χ2n) is 8.83. The first-order chi connectivity index (χ1) is 14.1. The molecule has 0 saturated carbocycles. The van der Waals surface area contributed by atoms with E-state index in [4.69, 9.17) is 0 Å². The minimum atomic E-state index is -0.792. The minimum absolute atomic E-state index is 0.0291. The van der Waals surface area contributed by atoms with Crippen LogP contribution in [0.15, 0.2) is 35.9 Å². The Balaban J connectivity index is 2.25. The average molecular weight is 420 g/mol. The summed E-state index contributed by atoms with van der Waals surface area (Å²) < 4.78 is 0. The molecule has 0 saturated heterocycles. The number of allylic oxidation sites excluding steroid dienone is 2. The first-order valence-corrected chi connectivity index (χ1v) is 10.4. The predicted molar refractivity (Wildman–Crippen MR) is 115 cm³/mol. The van der Waals surface area contributed by atoms with E-state index >= 15 is 0 Å². The molecule has 0 fully saturated rings. The van der Waals surface area contributed by atoms with E-state index < -0.39 is 5.09 Å². The third-order valence-corrected chi connectivity index (χ3v) is 6.11. The number of hydrogen-bond acceptors (Lipinski definition) is 6. The van der Waals surface area contributed by atoms with Crippen LogP contribution in [0.5, 0.6) is 11.5 Å². The van der Waals surface area contributed by atoms with Crippen LogP contribution in [-0.2, 0) is 10.3 Å². The maximum atomic E-state index is 10.8. The highest BCUT2D eigenvalue weighted by Crippen LogP contribution is 2.47. The molecule has 166 valence electrons. The van der Waals surface area contributed by atoms with Crippen LogP contribution >= 0.6 is 0 Å². The Morgan fingerprint density at radius 3 is 2.47 bits per heavy atom. The fourth-order valence-corrected chi connectivity index (χ4v) is 4.25. The Bertz CT molecular complexity index is 791. The van der Waals surface area contributed by atoms with Crippen LogP contribution in [0.25, 0.3) is 0 Å².